The quantitative estimate of drug-likeness (QED) is 0.570. The van der Waals surface area contributed by atoms with E-state index in [-0.39, 0.29) is 22.3 Å². The second-order valence-corrected chi connectivity index (χ2v) is 9.72. The zero-order valence-corrected chi connectivity index (χ0v) is 19.2. The van der Waals surface area contributed by atoms with Crippen LogP contribution in [0.15, 0.2) is 29.2 Å². The molecule has 7 nitrogen and oxygen atoms in total. The molecular weight excluding hydrogens is 390 g/mol. The Morgan fingerprint density at radius 2 is 1.69 bits per heavy atom. The van der Waals surface area contributed by atoms with Crippen LogP contribution in [0.25, 0.3) is 0 Å². The number of rotatable bonds is 11. The van der Waals surface area contributed by atoms with Crippen molar-refractivity contribution in [1.82, 2.24) is 14.9 Å². The third kappa shape index (κ3) is 7.12. The monoisotopic (exact) mass is 425 g/mol. The van der Waals surface area contributed by atoms with Crippen molar-refractivity contribution in [1.29, 1.82) is 0 Å². The summed E-state index contributed by atoms with van der Waals surface area (Å²) in [7, 11) is -3.66. The van der Waals surface area contributed by atoms with Crippen molar-refractivity contribution in [3.63, 3.8) is 0 Å². The van der Waals surface area contributed by atoms with Gasteiger partial charge in [-0.2, -0.15) is 4.31 Å². The summed E-state index contributed by atoms with van der Waals surface area (Å²) in [5.74, 6) is -0.348. The molecule has 1 aromatic carbocycles. The molecule has 0 aliphatic carbocycles. The van der Waals surface area contributed by atoms with Gasteiger partial charge in [0.15, 0.2) is 0 Å². The van der Waals surface area contributed by atoms with Crippen molar-refractivity contribution in [2.45, 2.75) is 58.9 Å². The molecule has 0 radical (unpaired) electrons. The second kappa shape index (κ2) is 11.3. The van der Waals surface area contributed by atoms with Gasteiger partial charge in [-0.15, -0.1) is 0 Å². The third-order valence-corrected chi connectivity index (χ3v) is 6.74. The molecule has 0 unspecified atom stereocenters. The standard InChI is InChI=1S/C21H35N3O4S/c1-7-24(8-2)29(27,28)18-11-9-10-17(14-18)20(25)23-19(16(5)6)21(26)22-13-12-15(3)4/h9-11,14-16,19H,7-8,12-13H2,1-6H3,(H,22,26)(H,23,25)/t19-/m0/s1. The maximum Gasteiger partial charge on any atom is 0.251 e. The number of benzene rings is 1. The number of nitrogens with zero attached hydrogens (tertiary/aromatic N) is 1. The maximum absolute atomic E-state index is 12.7. The van der Waals surface area contributed by atoms with E-state index in [9.17, 15) is 18.0 Å². The van der Waals surface area contributed by atoms with Crippen LogP contribution in [-0.2, 0) is 14.8 Å². The van der Waals surface area contributed by atoms with Crippen LogP contribution < -0.4 is 10.6 Å². The third-order valence-electron chi connectivity index (χ3n) is 4.70. The molecule has 1 atom stereocenters. The highest BCUT2D eigenvalue weighted by Crippen LogP contribution is 2.17. The van der Waals surface area contributed by atoms with Crippen LogP contribution in [0.3, 0.4) is 0 Å². The zero-order chi connectivity index (χ0) is 22.2. The fourth-order valence-electron chi connectivity index (χ4n) is 2.86. The molecule has 0 aliphatic heterocycles. The lowest BCUT2D eigenvalue weighted by atomic mass is 10.0. The average molecular weight is 426 g/mol. The molecule has 29 heavy (non-hydrogen) atoms. The van der Waals surface area contributed by atoms with Gasteiger partial charge in [-0.3, -0.25) is 9.59 Å². The summed E-state index contributed by atoms with van der Waals surface area (Å²) in [5, 5.41) is 5.61. The molecule has 8 heteroatoms. The van der Waals surface area contributed by atoms with Gasteiger partial charge in [-0.25, -0.2) is 8.42 Å². The topological polar surface area (TPSA) is 95.6 Å². The largest absolute Gasteiger partial charge is 0.354 e. The Balaban J connectivity index is 2.98. The SMILES string of the molecule is CCN(CC)S(=O)(=O)c1cccc(C(=O)N[C@H](C(=O)NCCC(C)C)C(C)C)c1. The van der Waals surface area contributed by atoms with Crippen LogP contribution >= 0.6 is 0 Å². The maximum atomic E-state index is 12.7. The number of nitrogens with one attached hydrogen (secondary N) is 2. The Hall–Kier alpha value is -1.93. The molecule has 0 bridgehead atoms. The molecule has 1 rings (SSSR count). The van der Waals surface area contributed by atoms with Crippen LogP contribution in [0.5, 0.6) is 0 Å². The van der Waals surface area contributed by atoms with Crippen molar-refractivity contribution < 1.29 is 18.0 Å². The van der Waals surface area contributed by atoms with Gasteiger partial charge >= 0.3 is 0 Å². The van der Waals surface area contributed by atoms with Gasteiger partial charge < -0.3 is 10.6 Å². The van der Waals surface area contributed by atoms with Gasteiger partial charge in [-0.05, 0) is 36.5 Å². The van der Waals surface area contributed by atoms with E-state index in [0.29, 0.717) is 25.6 Å². The molecule has 0 spiro atoms. The van der Waals surface area contributed by atoms with Crippen LogP contribution in [0.2, 0.25) is 0 Å². The van der Waals surface area contributed by atoms with Gasteiger partial charge in [-0.1, -0.05) is 47.6 Å². The number of carbonyl (C=O) groups excluding carboxylic acids is 2. The zero-order valence-electron chi connectivity index (χ0n) is 18.4. The van der Waals surface area contributed by atoms with Crippen LogP contribution in [-0.4, -0.2) is 50.2 Å². The van der Waals surface area contributed by atoms with Crippen molar-refractivity contribution in [2.24, 2.45) is 11.8 Å². The summed E-state index contributed by atoms with van der Waals surface area (Å²) in [6.07, 6.45) is 0.857. The van der Waals surface area contributed by atoms with Gasteiger partial charge in [0.25, 0.3) is 5.91 Å². The molecule has 0 heterocycles. The van der Waals surface area contributed by atoms with E-state index in [0.717, 1.165) is 6.42 Å². The minimum atomic E-state index is -3.66. The van der Waals surface area contributed by atoms with Crippen molar-refractivity contribution in [2.75, 3.05) is 19.6 Å². The Labute approximate surface area is 175 Å². The Morgan fingerprint density at radius 1 is 1.07 bits per heavy atom. The molecule has 0 saturated carbocycles. The lowest BCUT2D eigenvalue weighted by Crippen LogP contribution is -2.50. The molecule has 0 saturated heterocycles. The van der Waals surface area contributed by atoms with Crippen molar-refractivity contribution in [3.8, 4) is 0 Å². The lowest BCUT2D eigenvalue weighted by molar-refractivity contribution is -0.123. The second-order valence-electron chi connectivity index (χ2n) is 7.79. The highest BCUT2D eigenvalue weighted by atomic mass is 32.2. The average Bonchev–Trinajstić information content (AvgIpc) is 2.66. The van der Waals surface area contributed by atoms with Gasteiger partial charge in [0.2, 0.25) is 15.9 Å². The lowest BCUT2D eigenvalue weighted by Gasteiger charge is -2.22. The van der Waals surface area contributed by atoms with Crippen molar-refractivity contribution in [3.05, 3.63) is 29.8 Å². The van der Waals surface area contributed by atoms with Crippen LogP contribution in [0.1, 0.15) is 58.3 Å². The van der Waals surface area contributed by atoms with E-state index in [1.165, 1.54) is 16.4 Å². The summed E-state index contributed by atoms with van der Waals surface area (Å²) < 4.78 is 26.8. The first-order valence-corrected chi connectivity index (χ1v) is 11.7. The first-order chi connectivity index (χ1) is 13.5. The first-order valence-electron chi connectivity index (χ1n) is 10.2. The summed E-state index contributed by atoms with van der Waals surface area (Å²) in [5.41, 5.74) is 0.207. The molecule has 1 aromatic rings. The summed E-state index contributed by atoms with van der Waals surface area (Å²) >= 11 is 0. The summed E-state index contributed by atoms with van der Waals surface area (Å²) in [6.45, 7) is 12.6. The molecule has 0 aliphatic rings. The van der Waals surface area contributed by atoms with E-state index >= 15 is 0 Å². The predicted octanol–water partition coefficient (Wildman–Crippen LogP) is 2.63. The number of hydrogen-bond acceptors (Lipinski definition) is 4. The van der Waals surface area contributed by atoms with E-state index in [4.69, 9.17) is 0 Å². The van der Waals surface area contributed by atoms with E-state index in [1.807, 2.05) is 13.8 Å². The first kappa shape index (κ1) is 25.1. The Kier molecular flexibility index (Phi) is 9.79. The number of sulfonamides is 1. The van der Waals surface area contributed by atoms with Crippen molar-refractivity contribution >= 4 is 21.8 Å². The highest BCUT2D eigenvalue weighted by Gasteiger charge is 2.26. The van der Waals surface area contributed by atoms with Crippen LogP contribution in [0, 0.1) is 11.8 Å². The number of carbonyl (C=O) groups is 2. The van der Waals surface area contributed by atoms with Gasteiger partial charge in [0, 0.05) is 25.2 Å². The fraction of sp³-hybridized carbons (Fsp3) is 0.619. The Bertz CT molecular complexity index is 787. The smallest absolute Gasteiger partial charge is 0.251 e. The number of amides is 2. The molecule has 164 valence electrons. The summed E-state index contributed by atoms with van der Waals surface area (Å²) in [4.78, 5) is 25.3. The minimum Gasteiger partial charge on any atom is -0.354 e. The molecular formula is C21H35N3O4S. The van der Waals surface area contributed by atoms with Gasteiger partial charge in [0.05, 0.1) is 4.90 Å². The molecule has 2 N–H and O–H groups in total. The van der Waals surface area contributed by atoms with Crippen LogP contribution in [0.4, 0.5) is 0 Å². The van der Waals surface area contributed by atoms with E-state index in [2.05, 4.69) is 24.5 Å². The molecule has 0 aromatic heterocycles. The Morgan fingerprint density at radius 3 is 2.21 bits per heavy atom. The molecule has 2 amide bonds. The van der Waals surface area contributed by atoms with E-state index < -0.39 is 22.0 Å². The number of hydrogen-bond donors (Lipinski definition) is 2. The normalized spacial score (nSPS) is 13.0. The minimum absolute atomic E-state index is 0.0660. The highest BCUT2D eigenvalue weighted by molar-refractivity contribution is 7.89. The van der Waals surface area contributed by atoms with Gasteiger partial charge in [0.1, 0.15) is 6.04 Å². The summed E-state index contributed by atoms with van der Waals surface area (Å²) in [6, 6.07) is 5.22. The fourth-order valence-corrected chi connectivity index (χ4v) is 4.37. The van der Waals surface area contributed by atoms with E-state index in [1.54, 1.807) is 26.0 Å². The predicted molar refractivity (Wildman–Crippen MR) is 115 cm³/mol. The molecule has 0 fully saturated rings.